The number of benzene rings is 4. The Morgan fingerprint density at radius 3 is 2.22 bits per heavy atom. The maximum absolute atomic E-state index is 14.8. The summed E-state index contributed by atoms with van der Waals surface area (Å²) in [6.07, 6.45) is 5.24. The Hall–Kier alpha value is -4.34. The average Bonchev–Trinajstić information content (AvgIpc) is 3.10. The smallest absolute Gasteiger partial charge is 0.264 e. The zero-order chi connectivity index (χ0) is 35.0. The molecule has 1 atom stereocenters. The summed E-state index contributed by atoms with van der Waals surface area (Å²) in [4.78, 5) is 30.6. The first-order chi connectivity index (χ1) is 23.6. The zero-order valence-corrected chi connectivity index (χ0v) is 29.8. The molecule has 0 radical (unpaired) electrons. The van der Waals surface area contributed by atoms with Crippen LogP contribution < -0.4 is 14.4 Å². The molecule has 49 heavy (non-hydrogen) atoms. The van der Waals surface area contributed by atoms with E-state index in [1.54, 1.807) is 24.3 Å². The SMILES string of the molecule is COc1ccc(N(CC(=O)N(Cc2ccccc2C)[C@H](Cc2ccccc2)C(=O)NC2CCCCC2)S(=O)(=O)c2ccc(C)cc2)cc1Cl. The van der Waals surface area contributed by atoms with Crippen molar-refractivity contribution >= 4 is 39.1 Å². The highest BCUT2D eigenvalue weighted by Gasteiger charge is 2.36. The Bertz CT molecular complexity index is 1840. The lowest BCUT2D eigenvalue weighted by Gasteiger charge is -2.35. The summed E-state index contributed by atoms with van der Waals surface area (Å²) >= 11 is 6.49. The molecule has 258 valence electrons. The molecule has 5 rings (SSSR count). The number of nitrogens with one attached hydrogen (secondary N) is 1. The molecule has 0 bridgehead atoms. The van der Waals surface area contributed by atoms with E-state index in [0.717, 1.165) is 58.7 Å². The first kappa shape index (κ1) is 36.0. The van der Waals surface area contributed by atoms with Crippen molar-refractivity contribution in [2.45, 2.75) is 75.9 Å². The van der Waals surface area contributed by atoms with Crippen molar-refractivity contribution < 1.29 is 22.7 Å². The molecule has 8 nitrogen and oxygen atoms in total. The molecular weight excluding hydrogens is 658 g/mol. The fraction of sp³-hybridized carbons (Fsp3) is 0.333. The van der Waals surface area contributed by atoms with E-state index in [4.69, 9.17) is 16.3 Å². The number of carbonyl (C=O) groups excluding carboxylic acids is 2. The van der Waals surface area contributed by atoms with Gasteiger partial charge in [-0.2, -0.15) is 0 Å². The minimum absolute atomic E-state index is 0.0230. The minimum atomic E-state index is -4.26. The number of sulfonamides is 1. The van der Waals surface area contributed by atoms with Crippen LogP contribution in [-0.4, -0.2) is 50.9 Å². The molecule has 0 heterocycles. The van der Waals surface area contributed by atoms with Gasteiger partial charge in [0.1, 0.15) is 18.3 Å². The third kappa shape index (κ3) is 9.02. The largest absolute Gasteiger partial charge is 0.495 e. The summed E-state index contributed by atoms with van der Waals surface area (Å²) in [5.74, 6) is -0.406. The van der Waals surface area contributed by atoms with Crippen LogP contribution in [0.15, 0.2) is 102 Å². The lowest BCUT2D eigenvalue weighted by atomic mass is 9.94. The van der Waals surface area contributed by atoms with Crippen LogP contribution in [-0.2, 0) is 32.6 Å². The zero-order valence-electron chi connectivity index (χ0n) is 28.3. The van der Waals surface area contributed by atoms with Crippen molar-refractivity contribution in [2.24, 2.45) is 0 Å². The summed E-state index contributed by atoms with van der Waals surface area (Å²) in [6.45, 7) is 3.38. The maximum Gasteiger partial charge on any atom is 0.264 e. The van der Waals surface area contributed by atoms with Gasteiger partial charge in [0.15, 0.2) is 0 Å². The number of hydrogen-bond donors (Lipinski definition) is 1. The van der Waals surface area contributed by atoms with E-state index in [1.165, 1.54) is 30.2 Å². The number of hydrogen-bond acceptors (Lipinski definition) is 5. The van der Waals surface area contributed by atoms with Gasteiger partial charge in [-0.25, -0.2) is 8.42 Å². The molecule has 1 N–H and O–H groups in total. The second-order valence-corrected chi connectivity index (χ2v) is 14.9. The Kier molecular flexibility index (Phi) is 12.0. The van der Waals surface area contributed by atoms with Crippen LogP contribution >= 0.6 is 11.6 Å². The molecule has 1 aliphatic carbocycles. The van der Waals surface area contributed by atoms with E-state index in [1.807, 2.05) is 68.4 Å². The lowest BCUT2D eigenvalue weighted by molar-refractivity contribution is -0.140. The second-order valence-electron chi connectivity index (χ2n) is 12.6. The van der Waals surface area contributed by atoms with E-state index in [9.17, 15) is 18.0 Å². The molecule has 4 aromatic carbocycles. The second kappa shape index (κ2) is 16.4. The maximum atomic E-state index is 14.8. The van der Waals surface area contributed by atoms with E-state index < -0.39 is 28.5 Å². The van der Waals surface area contributed by atoms with E-state index >= 15 is 0 Å². The molecular formula is C39H44ClN3O5S. The van der Waals surface area contributed by atoms with Gasteiger partial charge in [0.2, 0.25) is 11.8 Å². The highest BCUT2D eigenvalue weighted by Crippen LogP contribution is 2.32. The Morgan fingerprint density at radius 1 is 0.898 bits per heavy atom. The molecule has 1 aliphatic rings. The van der Waals surface area contributed by atoms with Crippen molar-refractivity contribution in [2.75, 3.05) is 18.0 Å². The number of methoxy groups -OCH3 is 1. The van der Waals surface area contributed by atoms with Gasteiger partial charge in [0.05, 0.1) is 22.7 Å². The molecule has 1 fully saturated rings. The number of ether oxygens (including phenoxy) is 1. The highest BCUT2D eigenvalue weighted by atomic mass is 35.5. The number of amides is 2. The van der Waals surface area contributed by atoms with Crippen LogP contribution in [0.1, 0.15) is 54.4 Å². The predicted molar refractivity (Wildman–Crippen MR) is 194 cm³/mol. The van der Waals surface area contributed by atoms with Gasteiger partial charge in [-0.1, -0.05) is 103 Å². The summed E-state index contributed by atoms with van der Waals surface area (Å²) in [7, 11) is -2.79. The third-order valence-corrected chi connectivity index (χ3v) is 11.2. The van der Waals surface area contributed by atoms with E-state index in [0.29, 0.717) is 5.75 Å². The number of anilines is 1. The quantitative estimate of drug-likeness (QED) is 0.159. The normalized spacial score (nSPS) is 14.1. The van der Waals surface area contributed by atoms with Crippen LogP contribution in [0.25, 0.3) is 0 Å². The van der Waals surface area contributed by atoms with Gasteiger partial charge in [-0.3, -0.25) is 13.9 Å². The topological polar surface area (TPSA) is 96.0 Å². The standard InChI is InChI=1S/C39H44ClN3O5S/c1-28-18-21-34(22-19-28)49(46,47)43(33-20-23-37(48-3)35(40)25-33)27-38(44)42(26-31-15-11-10-12-29(31)2)36(24-30-13-6-4-7-14-30)39(45)41-32-16-8-5-9-17-32/h4,6-7,10-15,18-23,25,32,36H,5,8-9,16-17,24,26-27H2,1-3H3,(H,41,45)/t36-/m1/s1. The summed E-state index contributed by atoms with van der Waals surface area (Å²) in [5.41, 5.74) is 3.80. The van der Waals surface area contributed by atoms with Gasteiger partial charge in [-0.15, -0.1) is 0 Å². The molecule has 0 saturated heterocycles. The molecule has 0 spiro atoms. The van der Waals surface area contributed by atoms with Crippen molar-refractivity contribution in [3.05, 3.63) is 124 Å². The first-order valence-electron chi connectivity index (χ1n) is 16.7. The van der Waals surface area contributed by atoms with Gasteiger partial charge in [-0.05, 0) is 73.7 Å². The van der Waals surface area contributed by atoms with Crippen molar-refractivity contribution in [3.63, 3.8) is 0 Å². The number of halogens is 1. The van der Waals surface area contributed by atoms with Crippen LogP contribution in [0, 0.1) is 13.8 Å². The Morgan fingerprint density at radius 2 is 1.57 bits per heavy atom. The van der Waals surface area contributed by atoms with Gasteiger partial charge in [0.25, 0.3) is 10.0 Å². The van der Waals surface area contributed by atoms with E-state index in [2.05, 4.69) is 5.32 Å². The average molecular weight is 702 g/mol. The lowest BCUT2D eigenvalue weighted by Crippen LogP contribution is -2.55. The van der Waals surface area contributed by atoms with Crippen molar-refractivity contribution in [1.82, 2.24) is 10.2 Å². The first-order valence-corrected chi connectivity index (χ1v) is 18.5. The molecule has 0 aromatic heterocycles. The van der Waals surface area contributed by atoms with Crippen LogP contribution in [0.5, 0.6) is 5.75 Å². The highest BCUT2D eigenvalue weighted by molar-refractivity contribution is 7.92. The van der Waals surface area contributed by atoms with Crippen molar-refractivity contribution in [1.29, 1.82) is 0 Å². The van der Waals surface area contributed by atoms with Gasteiger partial charge < -0.3 is 15.0 Å². The predicted octanol–water partition coefficient (Wildman–Crippen LogP) is 7.25. The Balaban J connectivity index is 1.59. The van der Waals surface area contributed by atoms with Gasteiger partial charge >= 0.3 is 0 Å². The summed E-state index contributed by atoms with van der Waals surface area (Å²) < 4.78 is 35.1. The Labute approximate surface area is 295 Å². The number of aryl methyl sites for hydroxylation is 2. The number of rotatable bonds is 13. The summed E-state index contributed by atoms with van der Waals surface area (Å²) in [5, 5.41) is 3.44. The fourth-order valence-corrected chi connectivity index (χ4v) is 7.90. The molecule has 4 aromatic rings. The number of nitrogens with zero attached hydrogens (tertiary/aromatic N) is 2. The van der Waals surface area contributed by atoms with Crippen LogP contribution in [0.4, 0.5) is 5.69 Å². The molecule has 0 aliphatic heterocycles. The minimum Gasteiger partial charge on any atom is -0.495 e. The van der Waals surface area contributed by atoms with Gasteiger partial charge in [0, 0.05) is 19.0 Å². The summed E-state index contributed by atoms with van der Waals surface area (Å²) in [6, 6.07) is 27.5. The molecule has 10 heteroatoms. The van der Waals surface area contributed by atoms with Crippen LogP contribution in [0.3, 0.4) is 0 Å². The van der Waals surface area contributed by atoms with Crippen molar-refractivity contribution in [3.8, 4) is 5.75 Å². The molecule has 2 amide bonds. The number of carbonyl (C=O) groups is 2. The van der Waals surface area contributed by atoms with E-state index in [-0.39, 0.29) is 40.5 Å². The molecule has 1 saturated carbocycles. The van der Waals surface area contributed by atoms with Crippen LogP contribution in [0.2, 0.25) is 5.02 Å². The fourth-order valence-electron chi connectivity index (χ4n) is 6.25. The third-order valence-electron chi connectivity index (χ3n) is 9.14. The molecule has 0 unspecified atom stereocenters. The monoisotopic (exact) mass is 701 g/mol.